The fourth-order valence-electron chi connectivity index (χ4n) is 3.29. The van der Waals surface area contributed by atoms with Crippen LogP contribution in [0, 0.1) is 5.92 Å². The second kappa shape index (κ2) is 9.41. The van der Waals surface area contributed by atoms with Gasteiger partial charge in [0.1, 0.15) is 12.4 Å². The van der Waals surface area contributed by atoms with E-state index in [0.29, 0.717) is 24.0 Å². The summed E-state index contributed by atoms with van der Waals surface area (Å²) in [6.07, 6.45) is 8.55. The van der Waals surface area contributed by atoms with Gasteiger partial charge in [0.25, 0.3) is 0 Å². The van der Waals surface area contributed by atoms with Crippen LogP contribution in [-0.4, -0.2) is 54.9 Å². The summed E-state index contributed by atoms with van der Waals surface area (Å²) in [5.41, 5.74) is 2.63. The lowest BCUT2D eigenvalue weighted by molar-refractivity contribution is 0.249. The van der Waals surface area contributed by atoms with E-state index < -0.39 is 0 Å². The van der Waals surface area contributed by atoms with Gasteiger partial charge in [-0.15, -0.1) is 0 Å². The lowest BCUT2D eigenvalue weighted by Gasteiger charge is -2.17. The van der Waals surface area contributed by atoms with Crippen molar-refractivity contribution in [2.24, 2.45) is 5.92 Å². The normalized spacial score (nSPS) is 14.5. The Morgan fingerprint density at radius 3 is 2.81 bits per heavy atom. The summed E-state index contributed by atoms with van der Waals surface area (Å²) in [5, 5.41) is 12.7. The Balaban J connectivity index is 1.66. The van der Waals surface area contributed by atoms with Gasteiger partial charge in [-0.25, -0.2) is 4.79 Å². The molecule has 0 aliphatic heterocycles. The van der Waals surface area contributed by atoms with Gasteiger partial charge < -0.3 is 20.3 Å². The number of ether oxygens (including phenoxy) is 1. The maximum absolute atomic E-state index is 12.3. The Morgan fingerprint density at radius 1 is 1.30 bits per heavy atom. The molecule has 0 spiro atoms. The number of urea groups is 1. The third-order valence-corrected chi connectivity index (χ3v) is 4.88. The molecule has 146 valence electrons. The van der Waals surface area contributed by atoms with Crippen molar-refractivity contribution in [1.82, 2.24) is 20.4 Å². The molecule has 7 heteroatoms. The van der Waals surface area contributed by atoms with Gasteiger partial charge in [-0.3, -0.25) is 5.10 Å². The molecular formula is C20H29N5O2. The van der Waals surface area contributed by atoms with Crippen molar-refractivity contribution >= 4 is 11.7 Å². The summed E-state index contributed by atoms with van der Waals surface area (Å²) in [4.78, 5) is 14.4. The van der Waals surface area contributed by atoms with Gasteiger partial charge in [0.05, 0.1) is 11.9 Å². The number of likely N-dealkylation sites (N-methyl/N-ethyl adjacent to an activating group) is 1. The van der Waals surface area contributed by atoms with Gasteiger partial charge in [0.15, 0.2) is 0 Å². The minimum absolute atomic E-state index is 0.185. The fourth-order valence-corrected chi connectivity index (χ4v) is 3.29. The first-order valence-corrected chi connectivity index (χ1v) is 9.57. The zero-order valence-corrected chi connectivity index (χ0v) is 16.1. The first kappa shape index (κ1) is 19.2. The lowest BCUT2D eigenvalue weighted by Crippen LogP contribution is -2.32. The molecule has 0 unspecified atom stereocenters. The van der Waals surface area contributed by atoms with E-state index in [2.05, 4.69) is 25.7 Å². The van der Waals surface area contributed by atoms with Crippen molar-refractivity contribution in [1.29, 1.82) is 0 Å². The van der Waals surface area contributed by atoms with E-state index in [1.165, 1.54) is 25.7 Å². The lowest BCUT2D eigenvalue weighted by atomic mass is 10.1. The third-order valence-electron chi connectivity index (χ3n) is 4.88. The molecule has 27 heavy (non-hydrogen) atoms. The van der Waals surface area contributed by atoms with E-state index in [1.807, 2.05) is 38.5 Å². The highest BCUT2D eigenvalue weighted by Crippen LogP contribution is 2.31. The summed E-state index contributed by atoms with van der Waals surface area (Å²) in [6.45, 7) is 2.07. The van der Waals surface area contributed by atoms with Crippen LogP contribution in [0.5, 0.6) is 5.75 Å². The highest BCUT2D eigenvalue weighted by molar-refractivity contribution is 5.91. The quantitative estimate of drug-likeness (QED) is 0.665. The standard InChI is InChI=1S/C20H29N5O2/c1-25(2)9-10-27-19-11-16(17-13-22-23-14-17)7-8-18(19)24-20(26)21-12-15-5-3-4-6-15/h7-8,11,13-15H,3-6,9-10,12H2,1-2H3,(H,22,23)(H2,21,24,26). The number of carbonyl (C=O) groups excluding carboxylic acids is 1. The molecule has 0 saturated heterocycles. The molecule has 0 bridgehead atoms. The molecule has 1 aliphatic carbocycles. The number of aromatic amines is 1. The minimum atomic E-state index is -0.185. The molecular weight excluding hydrogens is 342 g/mol. The Labute approximate surface area is 160 Å². The SMILES string of the molecule is CN(C)CCOc1cc(-c2cn[nH]c2)ccc1NC(=O)NCC1CCCC1. The van der Waals surface area contributed by atoms with Crippen molar-refractivity contribution in [3.8, 4) is 16.9 Å². The smallest absolute Gasteiger partial charge is 0.319 e. The first-order chi connectivity index (χ1) is 13.1. The van der Waals surface area contributed by atoms with Gasteiger partial charge in [-0.05, 0) is 50.6 Å². The second-order valence-electron chi connectivity index (χ2n) is 7.34. The average molecular weight is 371 g/mol. The maximum atomic E-state index is 12.3. The van der Waals surface area contributed by atoms with Gasteiger partial charge in [-0.1, -0.05) is 18.9 Å². The molecule has 1 fully saturated rings. The predicted molar refractivity (Wildman–Crippen MR) is 107 cm³/mol. The van der Waals surface area contributed by atoms with Crippen molar-refractivity contribution in [3.63, 3.8) is 0 Å². The van der Waals surface area contributed by atoms with E-state index in [9.17, 15) is 4.79 Å². The van der Waals surface area contributed by atoms with Gasteiger partial charge >= 0.3 is 6.03 Å². The van der Waals surface area contributed by atoms with Crippen molar-refractivity contribution in [2.45, 2.75) is 25.7 Å². The molecule has 1 aromatic heterocycles. The molecule has 2 amide bonds. The van der Waals surface area contributed by atoms with Gasteiger partial charge in [0.2, 0.25) is 0 Å². The van der Waals surface area contributed by atoms with Crippen LogP contribution >= 0.6 is 0 Å². The topological polar surface area (TPSA) is 82.3 Å². The maximum Gasteiger partial charge on any atom is 0.319 e. The number of amides is 2. The van der Waals surface area contributed by atoms with E-state index >= 15 is 0 Å². The monoisotopic (exact) mass is 371 g/mol. The van der Waals surface area contributed by atoms with Crippen LogP contribution in [-0.2, 0) is 0 Å². The Hall–Kier alpha value is -2.54. The zero-order chi connectivity index (χ0) is 19.1. The van der Waals surface area contributed by atoms with Crippen molar-refractivity contribution in [2.75, 3.05) is 39.1 Å². The zero-order valence-electron chi connectivity index (χ0n) is 16.1. The summed E-state index contributed by atoms with van der Waals surface area (Å²) < 4.78 is 5.95. The van der Waals surface area contributed by atoms with Crippen LogP contribution in [0.4, 0.5) is 10.5 Å². The van der Waals surface area contributed by atoms with Crippen LogP contribution in [0.3, 0.4) is 0 Å². The molecule has 2 aromatic rings. The van der Waals surface area contributed by atoms with Gasteiger partial charge in [0, 0.05) is 24.8 Å². The Kier molecular flexibility index (Phi) is 6.70. The summed E-state index contributed by atoms with van der Waals surface area (Å²) >= 11 is 0. The number of aromatic nitrogens is 2. The first-order valence-electron chi connectivity index (χ1n) is 9.57. The van der Waals surface area contributed by atoms with Crippen LogP contribution in [0.2, 0.25) is 0 Å². The molecule has 3 N–H and O–H groups in total. The number of nitrogens with zero attached hydrogens (tertiary/aromatic N) is 2. The predicted octanol–water partition coefficient (Wildman–Crippen LogP) is 3.33. The fraction of sp³-hybridized carbons (Fsp3) is 0.500. The average Bonchev–Trinajstić information content (AvgIpc) is 3.35. The molecule has 0 atom stereocenters. The minimum Gasteiger partial charge on any atom is -0.490 e. The van der Waals surface area contributed by atoms with E-state index in [-0.39, 0.29) is 6.03 Å². The van der Waals surface area contributed by atoms with Crippen LogP contribution in [0.25, 0.3) is 11.1 Å². The number of hydrogen-bond acceptors (Lipinski definition) is 4. The van der Waals surface area contributed by atoms with E-state index in [4.69, 9.17) is 4.74 Å². The molecule has 1 heterocycles. The number of rotatable bonds is 8. The molecule has 1 aliphatic rings. The molecule has 1 aromatic carbocycles. The number of benzene rings is 1. The number of carbonyl (C=O) groups is 1. The van der Waals surface area contributed by atoms with Crippen LogP contribution < -0.4 is 15.4 Å². The van der Waals surface area contributed by atoms with Gasteiger partial charge in [-0.2, -0.15) is 5.10 Å². The van der Waals surface area contributed by atoms with Crippen LogP contribution in [0.1, 0.15) is 25.7 Å². The number of H-pyrrole nitrogens is 1. The highest BCUT2D eigenvalue weighted by atomic mass is 16.5. The summed E-state index contributed by atoms with van der Waals surface area (Å²) in [5.74, 6) is 1.27. The number of anilines is 1. The van der Waals surface area contributed by atoms with Crippen molar-refractivity contribution in [3.05, 3.63) is 30.6 Å². The second-order valence-corrected chi connectivity index (χ2v) is 7.34. The molecule has 0 radical (unpaired) electrons. The largest absolute Gasteiger partial charge is 0.490 e. The van der Waals surface area contributed by atoms with E-state index in [0.717, 1.165) is 24.2 Å². The molecule has 7 nitrogen and oxygen atoms in total. The van der Waals surface area contributed by atoms with Crippen LogP contribution in [0.15, 0.2) is 30.6 Å². The van der Waals surface area contributed by atoms with E-state index in [1.54, 1.807) is 6.20 Å². The summed E-state index contributed by atoms with van der Waals surface area (Å²) in [6, 6.07) is 5.58. The Morgan fingerprint density at radius 2 is 2.11 bits per heavy atom. The highest BCUT2D eigenvalue weighted by Gasteiger charge is 2.16. The summed E-state index contributed by atoms with van der Waals surface area (Å²) in [7, 11) is 4.00. The molecule has 1 saturated carbocycles. The number of hydrogen-bond donors (Lipinski definition) is 3. The van der Waals surface area contributed by atoms with Crippen molar-refractivity contribution < 1.29 is 9.53 Å². The third kappa shape index (κ3) is 5.72. The Bertz CT molecular complexity index is 724. The number of nitrogens with one attached hydrogen (secondary N) is 3. The molecule has 3 rings (SSSR count).